The Morgan fingerprint density at radius 3 is 2.46 bits per heavy atom. The summed E-state index contributed by atoms with van der Waals surface area (Å²) in [7, 11) is 0. The SMILES string of the molecule is CCn1c2ccccc2c2cc(NC(=O)C(C)N3CCCN(CC(=O)N4CCCC4)CC3)ccc21. The summed E-state index contributed by atoms with van der Waals surface area (Å²) >= 11 is 0. The highest BCUT2D eigenvalue weighted by atomic mass is 16.2. The molecule has 2 amide bonds. The molecule has 2 fully saturated rings. The standard InChI is InChI=1S/C28H37N5O2/c1-3-33-25-10-5-4-9-23(25)24-19-22(11-12-26(24)33)29-28(35)21(2)31-16-8-13-30(17-18-31)20-27(34)32-14-6-7-15-32/h4-5,9-12,19,21H,3,6-8,13-18,20H2,1-2H3,(H,29,35). The van der Waals surface area contributed by atoms with Gasteiger partial charge in [0, 0.05) is 66.8 Å². The van der Waals surface area contributed by atoms with Crippen LogP contribution in [0.3, 0.4) is 0 Å². The minimum absolute atomic E-state index is 0.0187. The second-order valence-electron chi connectivity index (χ2n) is 9.91. The number of likely N-dealkylation sites (tertiary alicyclic amines) is 1. The third-order valence-electron chi connectivity index (χ3n) is 7.72. The van der Waals surface area contributed by atoms with Gasteiger partial charge in [0.1, 0.15) is 0 Å². The number of nitrogens with zero attached hydrogens (tertiary/aromatic N) is 4. The van der Waals surface area contributed by atoms with Crippen LogP contribution in [0.4, 0.5) is 5.69 Å². The van der Waals surface area contributed by atoms with E-state index in [9.17, 15) is 9.59 Å². The Morgan fingerprint density at radius 2 is 1.66 bits per heavy atom. The first-order chi connectivity index (χ1) is 17.0. The molecule has 3 aromatic rings. The largest absolute Gasteiger partial charge is 0.342 e. The number of para-hydroxylation sites is 1. The topological polar surface area (TPSA) is 60.8 Å². The van der Waals surface area contributed by atoms with Gasteiger partial charge < -0.3 is 14.8 Å². The van der Waals surface area contributed by atoms with E-state index in [1.54, 1.807) is 0 Å². The van der Waals surface area contributed by atoms with Crippen LogP contribution >= 0.6 is 0 Å². The van der Waals surface area contributed by atoms with Crippen molar-refractivity contribution in [2.24, 2.45) is 0 Å². The average Bonchev–Trinajstić information content (AvgIpc) is 3.45. The van der Waals surface area contributed by atoms with Gasteiger partial charge in [-0.15, -0.1) is 0 Å². The van der Waals surface area contributed by atoms with Gasteiger partial charge in [-0.25, -0.2) is 0 Å². The summed E-state index contributed by atoms with van der Waals surface area (Å²) < 4.78 is 2.32. The van der Waals surface area contributed by atoms with Gasteiger partial charge in [0.25, 0.3) is 0 Å². The zero-order valence-electron chi connectivity index (χ0n) is 21.0. The Hall–Kier alpha value is -2.90. The number of nitrogens with one attached hydrogen (secondary N) is 1. The van der Waals surface area contributed by atoms with Crippen LogP contribution in [0, 0.1) is 0 Å². The van der Waals surface area contributed by atoms with Gasteiger partial charge in [-0.2, -0.15) is 0 Å². The van der Waals surface area contributed by atoms with Crippen molar-refractivity contribution >= 4 is 39.3 Å². The maximum atomic E-state index is 13.2. The Bertz CT molecular complexity index is 1210. The van der Waals surface area contributed by atoms with Crippen molar-refractivity contribution in [1.29, 1.82) is 0 Å². The molecule has 3 heterocycles. The molecule has 35 heavy (non-hydrogen) atoms. The first-order valence-corrected chi connectivity index (χ1v) is 13.1. The van der Waals surface area contributed by atoms with E-state index >= 15 is 0 Å². The Kier molecular flexibility index (Phi) is 7.07. The molecule has 0 bridgehead atoms. The molecule has 1 unspecified atom stereocenters. The first kappa shape index (κ1) is 23.8. The molecule has 2 aliphatic heterocycles. The molecule has 5 rings (SSSR count). The molecular formula is C28H37N5O2. The van der Waals surface area contributed by atoms with Crippen molar-refractivity contribution in [2.75, 3.05) is 51.1 Å². The summed E-state index contributed by atoms with van der Waals surface area (Å²) in [6, 6.07) is 14.4. The molecule has 1 aromatic heterocycles. The number of carbonyl (C=O) groups is 2. The Balaban J connectivity index is 1.22. The highest BCUT2D eigenvalue weighted by Gasteiger charge is 2.26. The lowest BCUT2D eigenvalue weighted by molar-refractivity contribution is -0.131. The molecule has 0 saturated carbocycles. The number of benzene rings is 2. The van der Waals surface area contributed by atoms with Crippen LogP contribution in [0.5, 0.6) is 0 Å². The maximum absolute atomic E-state index is 13.2. The predicted molar refractivity (Wildman–Crippen MR) is 142 cm³/mol. The fraction of sp³-hybridized carbons (Fsp3) is 0.500. The number of hydrogen-bond acceptors (Lipinski definition) is 4. The minimum atomic E-state index is -0.225. The van der Waals surface area contributed by atoms with E-state index in [2.05, 4.69) is 63.0 Å². The number of aryl methyl sites for hydroxylation is 1. The van der Waals surface area contributed by atoms with E-state index in [4.69, 9.17) is 0 Å². The number of aromatic nitrogens is 1. The second kappa shape index (κ2) is 10.4. The zero-order chi connectivity index (χ0) is 24.4. The van der Waals surface area contributed by atoms with Crippen LogP contribution in [0.2, 0.25) is 0 Å². The van der Waals surface area contributed by atoms with Crippen LogP contribution in [0.1, 0.15) is 33.1 Å². The molecule has 2 saturated heterocycles. The fourth-order valence-electron chi connectivity index (χ4n) is 5.68. The third kappa shape index (κ3) is 4.93. The van der Waals surface area contributed by atoms with Crippen molar-refractivity contribution in [3.8, 4) is 0 Å². The summed E-state index contributed by atoms with van der Waals surface area (Å²) in [5.41, 5.74) is 3.25. The van der Waals surface area contributed by atoms with E-state index < -0.39 is 0 Å². The lowest BCUT2D eigenvalue weighted by Crippen LogP contribution is -2.44. The van der Waals surface area contributed by atoms with Gasteiger partial charge in [-0.05, 0) is 63.9 Å². The lowest BCUT2D eigenvalue weighted by atomic mass is 10.1. The van der Waals surface area contributed by atoms with E-state index in [1.165, 1.54) is 21.8 Å². The number of carbonyl (C=O) groups excluding carboxylic acids is 2. The molecule has 1 atom stereocenters. The summed E-state index contributed by atoms with van der Waals surface area (Å²) in [5, 5.41) is 5.54. The van der Waals surface area contributed by atoms with Gasteiger partial charge in [0.05, 0.1) is 12.6 Å². The highest BCUT2D eigenvalue weighted by Crippen LogP contribution is 2.31. The Morgan fingerprint density at radius 1 is 0.886 bits per heavy atom. The number of fused-ring (bicyclic) bond motifs is 3. The molecule has 0 radical (unpaired) electrons. The highest BCUT2D eigenvalue weighted by molar-refractivity contribution is 6.10. The average molecular weight is 476 g/mol. The molecule has 186 valence electrons. The number of amides is 2. The van der Waals surface area contributed by atoms with Crippen LogP contribution in [0.15, 0.2) is 42.5 Å². The monoisotopic (exact) mass is 475 g/mol. The fourth-order valence-corrected chi connectivity index (χ4v) is 5.68. The summed E-state index contributed by atoms with van der Waals surface area (Å²) in [6.07, 6.45) is 3.22. The lowest BCUT2D eigenvalue weighted by Gasteiger charge is -2.27. The van der Waals surface area contributed by atoms with Crippen molar-refractivity contribution in [3.63, 3.8) is 0 Å². The van der Waals surface area contributed by atoms with Crippen molar-refractivity contribution in [3.05, 3.63) is 42.5 Å². The van der Waals surface area contributed by atoms with Crippen molar-refractivity contribution in [2.45, 2.75) is 45.7 Å². The van der Waals surface area contributed by atoms with Gasteiger partial charge in [-0.1, -0.05) is 18.2 Å². The summed E-state index contributed by atoms with van der Waals surface area (Å²) in [6.45, 7) is 10.7. The molecule has 7 nitrogen and oxygen atoms in total. The van der Waals surface area contributed by atoms with Gasteiger partial charge >= 0.3 is 0 Å². The van der Waals surface area contributed by atoms with Crippen LogP contribution < -0.4 is 5.32 Å². The molecule has 0 spiro atoms. The van der Waals surface area contributed by atoms with E-state index in [0.29, 0.717) is 6.54 Å². The molecule has 7 heteroatoms. The zero-order valence-corrected chi connectivity index (χ0v) is 21.0. The molecule has 2 aromatic carbocycles. The Labute approximate surface area is 207 Å². The van der Waals surface area contributed by atoms with Crippen LogP contribution in [0.25, 0.3) is 21.8 Å². The van der Waals surface area contributed by atoms with Crippen molar-refractivity contribution in [1.82, 2.24) is 19.3 Å². The van der Waals surface area contributed by atoms with Crippen molar-refractivity contribution < 1.29 is 9.59 Å². The molecule has 2 aliphatic rings. The summed E-state index contributed by atoms with van der Waals surface area (Å²) in [4.78, 5) is 32.2. The number of rotatable bonds is 6. The second-order valence-corrected chi connectivity index (χ2v) is 9.91. The molecule has 1 N–H and O–H groups in total. The number of anilines is 1. The normalized spacial score (nSPS) is 18.7. The number of hydrogen-bond donors (Lipinski definition) is 1. The maximum Gasteiger partial charge on any atom is 0.241 e. The van der Waals surface area contributed by atoms with E-state index in [-0.39, 0.29) is 17.9 Å². The minimum Gasteiger partial charge on any atom is -0.342 e. The van der Waals surface area contributed by atoms with E-state index in [0.717, 1.165) is 70.8 Å². The predicted octanol–water partition coefficient (Wildman–Crippen LogP) is 3.77. The van der Waals surface area contributed by atoms with E-state index in [1.807, 2.05) is 17.9 Å². The van der Waals surface area contributed by atoms with Gasteiger partial charge in [-0.3, -0.25) is 19.4 Å². The third-order valence-corrected chi connectivity index (χ3v) is 7.72. The quantitative estimate of drug-likeness (QED) is 0.590. The molecular weight excluding hydrogens is 438 g/mol. The van der Waals surface area contributed by atoms with Gasteiger partial charge in [0.2, 0.25) is 11.8 Å². The smallest absolute Gasteiger partial charge is 0.241 e. The summed E-state index contributed by atoms with van der Waals surface area (Å²) in [5.74, 6) is 0.270. The van der Waals surface area contributed by atoms with Gasteiger partial charge in [0.15, 0.2) is 0 Å². The van der Waals surface area contributed by atoms with Crippen LogP contribution in [-0.4, -0.2) is 82.9 Å². The molecule has 0 aliphatic carbocycles. The first-order valence-electron chi connectivity index (χ1n) is 13.1. The van der Waals surface area contributed by atoms with Crippen LogP contribution in [-0.2, 0) is 16.1 Å².